The van der Waals surface area contributed by atoms with Gasteiger partial charge in [0.2, 0.25) is 0 Å². The van der Waals surface area contributed by atoms with Crippen LogP contribution in [-0.4, -0.2) is 38.5 Å². The quantitative estimate of drug-likeness (QED) is 0.630. The molecule has 3 aromatic heterocycles. The fourth-order valence-electron chi connectivity index (χ4n) is 3.74. The summed E-state index contributed by atoms with van der Waals surface area (Å²) in [5, 5.41) is 8.15. The van der Waals surface area contributed by atoms with Gasteiger partial charge in [0.25, 0.3) is 5.91 Å². The molecule has 28 heavy (non-hydrogen) atoms. The van der Waals surface area contributed by atoms with E-state index in [0.29, 0.717) is 30.1 Å². The number of likely N-dealkylation sites (tertiary alicyclic amines) is 1. The molecule has 5 nitrogen and oxygen atoms in total. The smallest absolute Gasteiger partial charge is 0.338 e. The summed E-state index contributed by atoms with van der Waals surface area (Å²) in [5.41, 5.74) is 0.332. The third-order valence-corrected chi connectivity index (χ3v) is 6.07. The van der Waals surface area contributed by atoms with Gasteiger partial charge in [-0.2, -0.15) is 13.2 Å². The van der Waals surface area contributed by atoms with E-state index >= 15 is 0 Å². The summed E-state index contributed by atoms with van der Waals surface area (Å²) in [4.78, 5) is 16.8. The van der Waals surface area contributed by atoms with Crippen LogP contribution in [0.4, 0.5) is 13.2 Å². The third-order valence-electron chi connectivity index (χ3n) is 5.10. The lowest BCUT2D eigenvalue weighted by atomic mass is 9.96. The highest BCUT2D eigenvalue weighted by Gasteiger charge is 2.33. The van der Waals surface area contributed by atoms with Crippen molar-refractivity contribution in [1.29, 1.82) is 0 Å². The van der Waals surface area contributed by atoms with Crippen molar-refractivity contribution in [3.05, 3.63) is 51.1 Å². The summed E-state index contributed by atoms with van der Waals surface area (Å²) in [5.74, 6) is 0.282. The number of nitrogens with zero attached hydrogens (tertiary/aromatic N) is 4. The van der Waals surface area contributed by atoms with Gasteiger partial charge in [0, 0.05) is 35.0 Å². The van der Waals surface area contributed by atoms with E-state index in [9.17, 15) is 18.0 Å². The summed E-state index contributed by atoms with van der Waals surface area (Å²) in [6.45, 7) is 4.95. The van der Waals surface area contributed by atoms with Crippen LogP contribution >= 0.6 is 11.3 Å². The molecule has 0 spiro atoms. The van der Waals surface area contributed by atoms with Crippen LogP contribution in [0.1, 0.15) is 50.3 Å². The lowest BCUT2D eigenvalue weighted by Crippen LogP contribution is -2.39. The number of halogens is 3. The number of thiophene rings is 1. The molecular formula is C19H19F3N4OS. The Morgan fingerprint density at radius 1 is 1.25 bits per heavy atom. The molecule has 0 aliphatic carbocycles. The Balaban J connectivity index is 1.63. The largest absolute Gasteiger partial charge is 0.417 e. The van der Waals surface area contributed by atoms with E-state index in [2.05, 4.69) is 10.2 Å². The average Bonchev–Trinajstić information content (AvgIpc) is 3.22. The molecule has 0 radical (unpaired) electrons. The second kappa shape index (κ2) is 6.88. The van der Waals surface area contributed by atoms with E-state index in [0.717, 1.165) is 34.9 Å². The molecule has 0 saturated carbocycles. The molecule has 1 saturated heterocycles. The highest BCUT2D eigenvalue weighted by atomic mass is 32.1. The third kappa shape index (κ3) is 3.39. The lowest BCUT2D eigenvalue weighted by Gasteiger charge is -2.32. The minimum Gasteiger partial charge on any atom is -0.338 e. The van der Waals surface area contributed by atoms with Crippen LogP contribution in [0.15, 0.2) is 24.4 Å². The molecule has 9 heteroatoms. The van der Waals surface area contributed by atoms with Crippen molar-refractivity contribution in [2.75, 3.05) is 13.1 Å². The van der Waals surface area contributed by atoms with Crippen LogP contribution in [-0.2, 0) is 6.18 Å². The number of hydrogen-bond acceptors (Lipinski definition) is 4. The van der Waals surface area contributed by atoms with Gasteiger partial charge in [-0.05, 0) is 44.9 Å². The van der Waals surface area contributed by atoms with E-state index in [-0.39, 0.29) is 11.8 Å². The molecule has 4 heterocycles. The van der Waals surface area contributed by atoms with Gasteiger partial charge in [-0.1, -0.05) is 0 Å². The summed E-state index contributed by atoms with van der Waals surface area (Å²) < 4.78 is 40.7. The molecule has 1 atom stereocenters. The first-order valence-corrected chi connectivity index (χ1v) is 9.84. The molecule has 1 aliphatic heterocycles. The van der Waals surface area contributed by atoms with Crippen LogP contribution in [0.25, 0.3) is 5.65 Å². The van der Waals surface area contributed by atoms with E-state index in [1.165, 1.54) is 10.5 Å². The fourth-order valence-corrected chi connectivity index (χ4v) is 4.66. The summed E-state index contributed by atoms with van der Waals surface area (Å²) in [6, 6.07) is 4.22. The Labute approximate surface area is 163 Å². The van der Waals surface area contributed by atoms with Crippen LogP contribution in [0, 0.1) is 13.8 Å². The second-order valence-corrected chi connectivity index (χ2v) is 8.58. The highest BCUT2D eigenvalue weighted by Crippen LogP contribution is 2.32. The van der Waals surface area contributed by atoms with E-state index < -0.39 is 11.7 Å². The topological polar surface area (TPSA) is 50.5 Å². The number of aromatic nitrogens is 3. The Kier molecular flexibility index (Phi) is 4.65. The molecule has 0 aromatic carbocycles. The molecule has 3 aromatic rings. The standard InChI is InChI=1S/C19H19F3N4OS/c1-11-8-15(12(2)28-11)18(27)25-7-3-4-13(9-25)17-24-23-16-6-5-14(10-26(16)17)19(20,21)22/h5-6,8,10,13H,3-4,7,9H2,1-2H3. The maximum Gasteiger partial charge on any atom is 0.417 e. The fraction of sp³-hybridized carbons (Fsp3) is 0.421. The first-order chi connectivity index (χ1) is 13.2. The molecule has 148 valence electrons. The molecule has 1 fully saturated rings. The number of fused-ring (bicyclic) bond motifs is 1. The molecule has 1 aliphatic rings. The molecule has 0 N–H and O–H groups in total. The van der Waals surface area contributed by atoms with Crippen LogP contribution < -0.4 is 0 Å². The van der Waals surface area contributed by atoms with Crippen LogP contribution in [0.3, 0.4) is 0 Å². The van der Waals surface area contributed by atoms with Crippen LogP contribution in [0.5, 0.6) is 0 Å². The Hall–Kier alpha value is -2.42. The van der Waals surface area contributed by atoms with Crippen molar-refractivity contribution < 1.29 is 18.0 Å². The first-order valence-electron chi connectivity index (χ1n) is 9.02. The maximum atomic E-state index is 13.1. The average molecular weight is 408 g/mol. The Morgan fingerprint density at radius 3 is 2.71 bits per heavy atom. The van der Waals surface area contributed by atoms with Gasteiger partial charge in [0.05, 0.1) is 11.1 Å². The molecule has 1 amide bonds. The number of alkyl halides is 3. The SMILES string of the molecule is Cc1cc(C(=O)N2CCCC(c3nnc4ccc(C(F)(F)F)cn34)C2)c(C)s1. The van der Waals surface area contributed by atoms with Gasteiger partial charge in [0.1, 0.15) is 5.82 Å². The van der Waals surface area contributed by atoms with Crippen molar-refractivity contribution in [2.24, 2.45) is 0 Å². The molecule has 4 rings (SSSR count). The van der Waals surface area contributed by atoms with Crippen molar-refractivity contribution in [2.45, 2.75) is 38.8 Å². The number of aryl methyl sites for hydroxylation is 2. The predicted octanol–water partition coefficient (Wildman–Crippen LogP) is 4.45. The van der Waals surface area contributed by atoms with Gasteiger partial charge in [-0.15, -0.1) is 21.5 Å². The highest BCUT2D eigenvalue weighted by molar-refractivity contribution is 7.12. The maximum absolute atomic E-state index is 13.1. The zero-order valence-electron chi connectivity index (χ0n) is 15.5. The van der Waals surface area contributed by atoms with E-state index in [1.54, 1.807) is 16.2 Å². The summed E-state index contributed by atoms with van der Waals surface area (Å²) in [7, 11) is 0. The van der Waals surface area contributed by atoms with Crippen molar-refractivity contribution in [3.8, 4) is 0 Å². The molecule has 0 bridgehead atoms. The van der Waals surface area contributed by atoms with Gasteiger partial charge in [-0.3, -0.25) is 9.20 Å². The first kappa shape index (κ1) is 18.9. The van der Waals surface area contributed by atoms with Gasteiger partial charge in [-0.25, -0.2) is 0 Å². The monoisotopic (exact) mass is 408 g/mol. The minimum atomic E-state index is -4.43. The number of carbonyl (C=O) groups excluding carboxylic acids is 1. The van der Waals surface area contributed by atoms with E-state index in [4.69, 9.17) is 0 Å². The zero-order valence-corrected chi connectivity index (χ0v) is 16.3. The number of carbonyl (C=O) groups is 1. The number of hydrogen-bond donors (Lipinski definition) is 0. The van der Waals surface area contributed by atoms with Crippen molar-refractivity contribution in [1.82, 2.24) is 19.5 Å². The molecular weight excluding hydrogens is 389 g/mol. The zero-order chi connectivity index (χ0) is 20.1. The van der Waals surface area contributed by atoms with Crippen LogP contribution in [0.2, 0.25) is 0 Å². The Morgan fingerprint density at radius 2 is 2.04 bits per heavy atom. The summed E-state index contributed by atoms with van der Waals surface area (Å²) >= 11 is 1.59. The predicted molar refractivity (Wildman–Crippen MR) is 99.7 cm³/mol. The number of amides is 1. The minimum absolute atomic E-state index is 0.0312. The van der Waals surface area contributed by atoms with E-state index in [1.807, 2.05) is 19.9 Å². The van der Waals surface area contributed by atoms with Crippen molar-refractivity contribution in [3.63, 3.8) is 0 Å². The second-order valence-electron chi connectivity index (χ2n) is 7.12. The normalized spacial score (nSPS) is 18.0. The lowest BCUT2D eigenvalue weighted by molar-refractivity contribution is -0.137. The summed E-state index contributed by atoms with van der Waals surface area (Å²) in [6.07, 6.45) is -1.87. The van der Waals surface area contributed by atoms with Gasteiger partial charge in [0.15, 0.2) is 5.65 Å². The van der Waals surface area contributed by atoms with Crippen molar-refractivity contribution >= 4 is 22.9 Å². The number of rotatable bonds is 2. The Bertz CT molecular complexity index is 1040. The van der Waals surface area contributed by atoms with Gasteiger partial charge >= 0.3 is 6.18 Å². The number of piperidine rings is 1. The van der Waals surface area contributed by atoms with Gasteiger partial charge < -0.3 is 4.90 Å². The molecule has 1 unspecified atom stereocenters. The number of pyridine rings is 1.